The molecule has 0 bridgehead atoms. The molecule has 2 aromatic rings. The molecule has 1 heterocycles. The van der Waals surface area contributed by atoms with Crippen LogP contribution < -0.4 is 16.0 Å². The fraction of sp³-hybridized carbons (Fsp3) is 0.267. The number of fused-ring (bicyclic) bond motifs is 1. The summed E-state index contributed by atoms with van der Waals surface area (Å²) in [6.45, 7) is 0.296. The minimum Gasteiger partial charge on any atom is -0.373 e. The van der Waals surface area contributed by atoms with Gasteiger partial charge in [0.05, 0.1) is 11.1 Å². The number of hydrogen-bond donors (Lipinski definition) is 3. The molecule has 0 aliphatic carbocycles. The summed E-state index contributed by atoms with van der Waals surface area (Å²) in [6.07, 6.45) is 0.254. The van der Waals surface area contributed by atoms with Gasteiger partial charge in [0.1, 0.15) is 5.82 Å². The molecule has 0 aliphatic rings. The van der Waals surface area contributed by atoms with Crippen LogP contribution in [0.2, 0.25) is 0 Å². The maximum Gasteiger partial charge on any atom is 0.252 e. The van der Waals surface area contributed by atoms with E-state index in [-0.39, 0.29) is 18.2 Å². The van der Waals surface area contributed by atoms with Gasteiger partial charge in [-0.1, -0.05) is 18.2 Å². The lowest BCUT2D eigenvalue weighted by atomic mass is 10.1. The fourth-order valence-corrected chi connectivity index (χ4v) is 2.00. The number of pyridine rings is 1. The Labute approximate surface area is 122 Å². The predicted molar refractivity (Wildman–Crippen MR) is 82.3 cm³/mol. The Balaban J connectivity index is 2.23. The average molecular weight is 286 g/mol. The first-order valence-electron chi connectivity index (χ1n) is 6.72. The molecule has 0 aliphatic heterocycles. The van der Waals surface area contributed by atoms with E-state index in [2.05, 4.69) is 20.9 Å². The van der Waals surface area contributed by atoms with Crippen molar-refractivity contribution in [3.63, 3.8) is 0 Å². The molecule has 0 saturated heterocycles. The Bertz CT molecular complexity index is 670. The minimum absolute atomic E-state index is 0.106. The second-order valence-electron chi connectivity index (χ2n) is 4.50. The van der Waals surface area contributed by atoms with E-state index in [0.29, 0.717) is 17.9 Å². The van der Waals surface area contributed by atoms with Crippen LogP contribution in [0.25, 0.3) is 10.9 Å². The van der Waals surface area contributed by atoms with Crippen LogP contribution >= 0.6 is 0 Å². The average Bonchev–Trinajstić information content (AvgIpc) is 2.53. The van der Waals surface area contributed by atoms with Crippen molar-refractivity contribution in [2.75, 3.05) is 26.0 Å². The maximum absolute atomic E-state index is 12.3. The van der Waals surface area contributed by atoms with Crippen molar-refractivity contribution in [2.45, 2.75) is 6.42 Å². The Morgan fingerprint density at radius 3 is 2.67 bits per heavy atom. The van der Waals surface area contributed by atoms with Crippen LogP contribution in [0.1, 0.15) is 16.8 Å². The zero-order chi connectivity index (χ0) is 15.2. The van der Waals surface area contributed by atoms with Gasteiger partial charge < -0.3 is 16.0 Å². The van der Waals surface area contributed by atoms with Crippen molar-refractivity contribution >= 4 is 28.5 Å². The summed E-state index contributed by atoms with van der Waals surface area (Å²) < 4.78 is 0. The van der Waals surface area contributed by atoms with Crippen LogP contribution in [0, 0.1) is 0 Å². The van der Waals surface area contributed by atoms with E-state index in [4.69, 9.17) is 0 Å². The fourth-order valence-electron chi connectivity index (χ4n) is 2.00. The van der Waals surface area contributed by atoms with Crippen molar-refractivity contribution in [1.29, 1.82) is 0 Å². The number of hydrogen-bond acceptors (Lipinski definition) is 4. The van der Waals surface area contributed by atoms with E-state index >= 15 is 0 Å². The summed E-state index contributed by atoms with van der Waals surface area (Å²) in [5.41, 5.74) is 1.29. The van der Waals surface area contributed by atoms with Gasteiger partial charge in [-0.25, -0.2) is 4.98 Å². The number of amides is 2. The van der Waals surface area contributed by atoms with E-state index in [1.54, 1.807) is 20.2 Å². The van der Waals surface area contributed by atoms with E-state index in [0.717, 1.165) is 10.9 Å². The Hall–Kier alpha value is -2.63. The molecule has 6 heteroatoms. The van der Waals surface area contributed by atoms with E-state index < -0.39 is 0 Å². The second-order valence-corrected chi connectivity index (χ2v) is 4.50. The molecular formula is C15H18N4O2. The predicted octanol–water partition coefficient (Wildman–Crippen LogP) is 1.14. The quantitative estimate of drug-likeness (QED) is 0.770. The topological polar surface area (TPSA) is 83.1 Å². The molecule has 0 atom stereocenters. The number of rotatable bonds is 5. The maximum atomic E-state index is 12.3. The number of nitrogens with one attached hydrogen (secondary N) is 3. The SMILES string of the molecule is CNC(=O)CCNC(=O)c1cc(NC)nc2ccccc12. The zero-order valence-electron chi connectivity index (χ0n) is 12.1. The Morgan fingerprint density at radius 1 is 1.19 bits per heavy atom. The number of anilines is 1. The van der Waals surface area contributed by atoms with Gasteiger partial charge in [0.15, 0.2) is 0 Å². The summed E-state index contributed by atoms with van der Waals surface area (Å²) in [5.74, 6) is 0.310. The number of nitrogens with zero attached hydrogens (tertiary/aromatic N) is 1. The van der Waals surface area contributed by atoms with Gasteiger partial charge in [-0.15, -0.1) is 0 Å². The lowest BCUT2D eigenvalue weighted by molar-refractivity contribution is -0.120. The highest BCUT2D eigenvalue weighted by Crippen LogP contribution is 2.20. The molecule has 110 valence electrons. The van der Waals surface area contributed by atoms with Gasteiger partial charge in [0.25, 0.3) is 5.91 Å². The first kappa shape index (κ1) is 14.8. The standard InChI is InChI=1S/C15H18N4O2/c1-16-13-9-11(10-5-3-4-6-12(10)19-13)15(21)18-8-7-14(20)17-2/h3-6,9H,7-8H2,1-2H3,(H,16,19)(H,17,20)(H,18,21). The van der Waals surface area contributed by atoms with Crippen LogP contribution in [0.15, 0.2) is 30.3 Å². The molecule has 1 aromatic heterocycles. The van der Waals surface area contributed by atoms with Crippen molar-refractivity contribution < 1.29 is 9.59 Å². The van der Waals surface area contributed by atoms with Gasteiger partial charge in [0, 0.05) is 32.4 Å². The van der Waals surface area contributed by atoms with Crippen LogP contribution in [0.3, 0.4) is 0 Å². The number of carbonyl (C=O) groups excluding carboxylic acids is 2. The first-order valence-corrected chi connectivity index (χ1v) is 6.72. The lowest BCUT2D eigenvalue weighted by Gasteiger charge is -2.10. The molecule has 0 radical (unpaired) electrons. The highest BCUT2D eigenvalue weighted by molar-refractivity contribution is 6.07. The van der Waals surface area contributed by atoms with Crippen molar-refractivity contribution in [3.8, 4) is 0 Å². The molecule has 21 heavy (non-hydrogen) atoms. The highest BCUT2D eigenvalue weighted by Gasteiger charge is 2.12. The highest BCUT2D eigenvalue weighted by atomic mass is 16.2. The van der Waals surface area contributed by atoms with E-state index in [1.807, 2.05) is 24.3 Å². The number of benzene rings is 1. The summed E-state index contributed by atoms with van der Waals surface area (Å²) in [7, 11) is 3.32. The molecule has 0 saturated carbocycles. The summed E-state index contributed by atoms with van der Waals surface area (Å²) in [5, 5.41) is 9.00. The third kappa shape index (κ3) is 3.47. The van der Waals surface area contributed by atoms with Crippen molar-refractivity contribution in [1.82, 2.24) is 15.6 Å². The Kier molecular flexibility index (Phi) is 4.71. The minimum atomic E-state index is -0.214. The molecule has 2 amide bonds. The molecule has 3 N–H and O–H groups in total. The molecule has 0 unspecified atom stereocenters. The van der Waals surface area contributed by atoms with Crippen LogP contribution in [-0.4, -0.2) is 37.4 Å². The molecule has 1 aromatic carbocycles. The zero-order valence-corrected chi connectivity index (χ0v) is 12.1. The van der Waals surface area contributed by atoms with E-state index in [1.165, 1.54) is 0 Å². The third-order valence-corrected chi connectivity index (χ3v) is 3.13. The number of para-hydroxylation sites is 1. The third-order valence-electron chi connectivity index (χ3n) is 3.13. The van der Waals surface area contributed by atoms with Crippen molar-refractivity contribution in [3.05, 3.63) is 35.9 Å². The number of carbonyl (C=O) groups is 2. The number of aromatic nitrogens is 1. The summed E-state index contributed by atoms with van der Waals surface area (Å²) in [6, 6.07) is 9.16. The van der Waals surface area contributed by atoms with Gasteiger partial charge in [0.2, 0.25) is 5.91 Å². The van der Waals surface area contributed by atoms with Crippen LogP contribution in [0.4, 0.5) is 5.82 Å². The lowest BCUT2D eigenvalue weighted by Crippen LogP contribution is -2.29. The monoisotopic (exact) mass is 286 g/mol. The van der Waals surface area contributed by atoms with Crippen LogP contribution in [-0.2, 0) is 4.79 Å². The normalized spacial score (nSPS) is 10.2. The molecule has 0 spiro atoms. The smallest absolute Gasteiger partial charge is 0.252 e. The summed E-state index contributed by atoms with van der Waals surface area (Å²) >= 11 is 0. The molecular weight excluding hydrogens is 268 g/mol. The second kappa shape index (κ2) is 6.69. The van der Waals surface area contributed by atoms with E-state index in [9.17, 15) is 9.59 Å². The largest absolute Gasteiger partial charge is 0.373 e. The van der Waals surface area contributed by atoms with Crippen LogP contribution in [0.5, 0.6) is 0 Å². The van der Waals surface area contributed by atoms with Gasteiger partial charge in [-0.3, -0.25) is 9.59 Å². The molecule has 2 rings (SSSR count). The van der Waals surface area contributed by atoms with Gasteiger partial charge in [-0.2, -0.15) is 0 Å². The first-order chi connectivity index (χ1) is 10.2. The summed E-state index contributed by atoms with van der Waals surface area (Å²) in [4.78, 5) is 27.9. The van der Waals surface area contributed by atoms with Crippen molar-refractivity contribution in [2.24, 2.45) is 0 Å². The molecule has 0 fully saturated rings. The Morgan fingerprint density at radius 2 is 1.95 bits per heavy atom. The van der Waals surface area contributed by atoms with Gasteiger partial charge >= 0.3 is 0 Å². The van der Waals surface area contributed by atoms with Gasteiger partial charge in [-0.05, 0) is 12.1 Å². The molecule has 6 nitrogen and oxygen atoms in total.